The van der Waals surface area contributed by atoms with Crippen LogP contribution in [0.1, 0.15) is 46.5 Å². The monoisotopic (exact) mass is 597 g/mol. The molecule has 5 rings (SSSR count). The van der Waals surface area contributed by atoms with Crippen molar-refractivity contribution in [3.05, 3.63) is 68.8 Å². The maximum atomic E-state index is 13.0. The Morgan fingerprint density at radius 2 is 1.63 bits per heavy atom. The fraction of sp³-hybridized carbons (Fsp3) is 0.448. The third-order valence-electron chi connectivity index (χ3n) is 7.76. The number of hydrogen-bond acceptors (Lipinski definition) is 8. The normalized spacial score (nSPS) is 19.3. The smallest absolute Gasteiger partial charge is 0.269 e. The first-order valence-corrected chi connectivity index (χ1v) is 16.1. The fourth-order valence-corrected chi connectivity index (χ4v) is 7.48. The molecule has 0 bridgehead atoms. The van der Waals surface area contributed by atoms with Crippen molar-refractivity contribution in [1.82, 2.24) is 8.98 Å². The minimum absolute atomic E-state index is 0.0272. The van der Waals surface area contributed by atoms with Gasteiger partial charge in [-0.1, -0.05) is 20.8 Å². The average molecular weight is 598 g/mol. The Morgan fingerprint density at radius 3 is 2.22 bits per heavy atom. The lowest BCUT2D eigenvalue weighted by molar-refractivity contribution is -0.384. The van der Waals surface area contributed by atoms with Crippen molar-refractivity contribution in [3.63, 3.8) is 0 Å². The zero-order chi connectivity index (χ0) is 29.2. The summed E-state index contributed by atoms with van der Waals surface area (Å²) in [7, 11) is -3.60. The minimum atomic E-state index is -3.60. The van der Waals surface area contributed by atoms with Gasteiger partial charge in [-0.3, -0.25) is 10.1 Å². The van der Waals surface area contributed by atoms with E-state index in [-0.39, 0.29) is 16.0 Å². The van der Waals surface area contributed by atoms with Gasteiger partial charge in [0.25, 0.3) is 5.69 Å². The molecule has 0 N–H and O–H groups in total. The number of nitro groups is 1. The molecule has 3 aromatic rings. The number of non-ortho nitro benzene ring substituents is 1. The molecule has 0 atom stereocenters. The molecular weight excluding hydrogens is 562 g/mol. The van der Waals surface area contributed by atoms with Gasteiger partial charge in [-0.05, 0) is 73.4 Å². The summed E-state index contributed by atoms with van der Waals surface area (Å²) in [5.41, 5.74) is 3.58. The quantitative estimate of drug-likeness (QED) is 0.262. The van der Waals surface area contributed by atoms with E-state index in [1.807, 2.05) is 10.1 Å². The van der Waals surface area contributed by atoms with E-state index in [4.69, 9.17) is 14.8 Å². The number of nitro benzene ring substituents is 1. The van der Waals surface area contributed by atoms with E-state index in [1.165, 1.54) is 27.8 Å². The lowest BCUT2D eigenvalue weighted by Crippen LogP contribution is -2.40. The first-order valence-electron chi connectivity index (χ1n) is 13.8. The average Bonchev–Trinajstić information content (AvgIpc) is 3.35. The zero-order valence-corrected chi connectivity index (χ0v) is 25.2. The highest BCUT2D eigenvalue weighted by atomic mass is 32.2. The molecule has 2 aliphatic rings. The van der Waals surface area contributed by atoms with Gasteiger partial charge in [0.15, 0.2) is 0 Å². The van der Waals surface area contributed by atoms with Gasteiger partial charge in [0.1, 0.15) is 0 Å². The molecule has 1 saturated carbocycles. The number of nitrogens with zero attached hydrogens (tertiary/aromatic N) is 5. The first-order chi connectivity index (χ1) is 19.5. The first kappa shape index (κ1) is 29.3. The molecule has 12 heteroatoms. The molecule has 41 heavy (non-hydrogen) atoms. The topological polar surface area (TPSA) is 119 Å². The number of hydrogen-bond donors (Lipinski definition) is 0. The van der Waals surface area contributed by atoms with E-state index in [1.54, 1.807) is 36.4 Å². The van der Waals surface area contributed by atoms with Crippen LogP contribution < -0.4 is 4.80 Å². The van der Waals surface area contributed by atoms with Gasteiger partial charge in [-0.15, -0.1) is 11.3 Å². The Balaban J connectivity index is 1.49. The zero-order valence-electron chi connectivity index (χ0n) is 23.5. The van der Waals surface area contributed by atoms with Crippen LogP contribution in [0.15, 0.2) is 68.9 Å². The van der Waals surface area contributed by atoms with E-state index in [0.717, 1.165) is 42.7 Å². The summed E-state index contributed by atoms with van der Waals surface area (Å²) in [6.07, 6.45) is 3.95. The molecule has 10 nitrogen and oxygen atoms in total. The van der Waals surface area contributed by atoms with Crippen molar-refractivity contribution in [1.29, 1.82) is 0 Å². The highest BCUT2D eigenvalue weighted by molar-refractivity contribution is 7.89. The summed E-state index contributed by atoms with van der Waals surface area (Å²) in [6, 6.07) is 13.0. The van der Waals surface area contributed by atoms with Gasteiger partial charge in [0, 0.05) is 41.9 Å². The molecule has 2 heterocycles. The largest absolute Gasteiger partial charge is 0.379 e. The molecule has 0 unspecified atom stereocenters. The van der Waals surface area contributed by atoms with E-state index in [2.05, 4.69) is 20.8 Å². The van der Waals surface area contributed by atoms with Crippen molar-refractivity contribution >= 4 is 38.4 Å². The van der Waals surface area contributed by atoms with Crippen LogP contribution in [-0.4, -0.2) is 54.3 Å². The van der Waals surface area contributed by atoms with Crippen molar-refractivity contribution in [2.24, 2.45) is 21.4 Å². The number of morpholine rings is 1. The lowest BCUT2D eigenvalue weighted by Gasteiger charge is -2.34. The molecule has 0 amide bonds. The molecule has 1 aromatic heterocycles. The second-order valence-corrected chi connectivity index (χ2v) is 14.2. The molecule has 0 spiro atoms. The number of benzene rings is 2. The van der Waals surface area contributed by atoms with Crippen LogP contribution in [0.4, 0.5) is 11.4 Å². The van der Waals surface area contributed by atoms with Gasteiger partial charge in [0.05, 0.1) is 34.4 Å². The molecule has 2 aromatic carbocycles. The van der Waals surface area contributed by atoms with Crippen molar-refractivity contribution < 1.29 is 18.1 Å². The molecule has 218 valence electrons. The number of ether oxygens (including phenoxy) is 1. The Hall–Kier alpha value is -3.19. The Kier molecular flexibility index (Phi) is 8.55. The highest BCUT2D eigenvalue weighted by Gasteiger charge is 2.29. The summed E-state index contributed by atoms with van der Waals surface area (Å²) in [4.78, 5) is 16.4. The minimum Gasteiger partial charge on any atom is -0.379 e. The molecule has 1 saturated heterocycles. The standard InChI is InChI=1S/C29H35N5O5S2/c1-29(2,3)22-6-8-24(9-7-22)31-33-27(21-4-12-25(13-5-21)34(35)36)20-40-28(33)30-23-10-14-26(15-11-23)41(37,38)32-16-18-39-19-17-32/h4-5,10-15,20,22H,6-9,16-19H2,1-3H3. The number of sulfonamides is 1. The van der Waals surface area contributed by atoms with Gasteiger partial charge < -0.3 is 4.74 Å². The van der Waals surface area contributed by atoms with Crippen molar-refractivity contribution in [3.8, 4) is 11.3 Å². The predicted octanol–water partition coefficient (Wildman–Crippen LogP) is 5.82. The van der Waals surface area contributed by atoms with Gasteiger partial charge in [0.2, 0.25) is 14.8 Å². The fourth-order valence-electron chi connectivity index (χ4n) is 5.22. The molecule has 1 aliphatic carbocycles. The summed E-state index contributed by atoms with van der Waals surface area (Å²) < 4.78 is 34.6. The Bertz CT molecular complexity index is 1580. The van der Waals surface area contributed by atoms with Gasteiger partial charge in [-0.2, -0.15) is 9.41 Å². The molecular formula is C29H35N5O5S2. The van der Waals surface area contributed by atoms with Gasteiger partial charge in [-0.25, -0.2) is 18.1 Å². The van der Waals surface area contributed by atoms with Crippen molar-refractivity contribution in [2.75, 3.05) is 26.3 Å². The third kappa shape index (κ3) is 6.66. The maximum Gasteiger partial charge on any atom is 0.269 e. The summed E-state index contributed by atoms with van der Waals surface area (Å²) in [5, 5.41) is 18.2. The molecule has 2 fully saturated rings. The van der Waals surface area contributed by atoms with E-state index in [9.17, 15) is 18.5 Å². The van der Waals surface area contributed by atoms with Crippen LogP contribution in [0, 0.1) is 21.4 Å². The Morgan fingerprint density at radius 1 is 1.00 bits per heavy atom. The second kappa shape index (κ2) is 12.0. The summed E-state index contributed by atoms with van der Waals surface area (Å²) in [6.45, 7) is 8.32. The van der Waals surface area contributed by atoms with Gasteiger partial charge >= 0.3 is 0 Å². The number of thiazole rings is 1. The van der Waals surface area contributed by atoms with Crippen LogP contribution in [0.25, 0.3) is 11.3 Å². The number of rotatable bonds is 6. The maximum absolute atomic E-state index is 13.0. The SMILES string of the molecule is CC(C)(C)C1CCC(=Nn2c(-c3ccc([N+](=O)[O-])cc3)csc2=Nc2ccc(S(=O)(=O)N3CCOCC3)cc2)CC1. The molecule has 1 aliphatic heterocycles. The van der Waals surface area contributed by atoms with Crippen molar-refractivity contribution in [2.45, 2.75) is 51.3 Å². The van der Waals surface area contributed by atoms with E-state index in [0.29, 0.717) is 42.7 Å². The van der Waals surface area contributed by atoms with Crippen LogP contribution in [0.3, 0.4) is 0 Å². The molecule has 0 radical (unpaired) electrons. The second-order valence-electron chi connectivity index (χ2n) is 11.4. The van der Waals surface area contributed by atoms with E-state index < -0.39 is 14.9 Å². The summed E-state index contributed by atoms with van der Waals surface area (Å²) in [5.74, 6) is 0.638. The third-order valence-corrected chi connectivity index (χ3v) is 10.5. The predicted molar refractivity (Wildman–Crippen MR) is 160 cm³/mol. The van der Waals surface area contributed by atoms with Crippen LogP contribution in [-0.2, 0) is 14.8 Å². The van der Waals surface area contributed by atoms with Crippen LogP contribution in [0.5, 0.6) is 0 Å². The van der Waals surface area contributed by atoms with Crippen LogP contribution in [0.2, 0.25) is 0 Å². The lowest BCUT2D eigenvalue weighted by atomic mass is 9.72. The Labute approximate surface area is 244 Å². The highest BCUT2D eigenvalue weighted by Crippen LogP contribution is 2.37. The van der Waals surface area contributed by atoms with E-state index >= 15 is 0 Å². The van der Waals surface area contributed by atoms with Crippen LogP contribution >= 0.6 is 11.3 Å². The summed E-state index contributed by atoms with van der Waals surface area (Å²) >= 11 is 1.42. The number of aromatic nitrogens is 1.